The molecular formula is C9H12N2O2. The molecule has 1 aliphatic rings. The minimum absolute atomic E-state index is 0.138. The Labute approximate surface area is 76.6 Å². The van der Waals surface area contributed by atoms with Gasteiger partial charge in [0.25, 0.3) is 0 Å². The average molecular weight is 180 g/mol. The summed E-state index contributed by atoms with van der Waals surface area (Å²) in [7, 11) is 0. The van der Waals surface area contributed by atoms with Gasteiger partial charge in [0.05, 0.1) is 12.4 Å². The molecule has 0 saturated carbocycles. The van der Waals surface area contributed by atoms with Crippen molar-refractivity contribution in [1.29, 1.82) is 0 Å². The summed E-state index contributed by atoms with van der Waals surface area (Å²) in [6.07, 6.45) is 4.14. The molecule has 0 aromatic carbocycles. The summed E-state index contributed by atoms with van der Waals surface area (Å²) in [6.45, 7) is 1.72. The van der Waals surface area contributed by atoms with Gasteiger partial charge in [-0.2, -0.15) is 0 Å². The summed E-state index contributed by atoms with van der Waals surface area (Å²) >= 11 is 0. The first-order valence-corrected chi connectivity index (χ1v) is 4.35. The summed E-state index contributed by atoms with van der Waals surface area (Å²) in [6, 6.07) is 2.02. The Kier molecular flexibility index (Phi) is 2.31. The highest BCUT2D eigenvalue weighted by molar-refractivity contribution is 5.26. The third-order valence-electron chi connectivity index (χ3n) is 2.08. The van der Waals surface area contributed by atoms with Crippen LogP contribution in [0.25, 0.3) is 0 Å². The molecule has 70 valence electrons. The Morgan fingerprint density at radius 1 is 1.62 bits per heavy atom. The van der Waals surface area contributed by atoms with E-state index in [1.54, 1.807) is 12.3 Å². The van der Waals surface area contributed by atoms with Crippen LogP contribution in [0.1, 0.15) is 6.42 Å². The van der Waals surface area contributed by atoms with E-state index in [0.717, 1.165) is 13.0 Å². The van der Waals surface area contributed by atoms with E-state index in [4.69, 9.17) is 9.84 Å². The molecule has 0 aliphatic carbocycles. The van der Waals surface area contributed by atoms with E-state index in [0.29, 0.717) is 18.4 Å². The van der Waals surface area contributed by atoms with Crippen molar-refractivity contribution >= 4 is 0 Å². The number of hydrogen-bond donors (Lipinski definition) is 2. The first kappa shape index (κ1) is 8.31. The molecule has 4 nitrogen and oxygen atoms in total. The number of nitrogens with one attached hydrogen (secondary N) is 1. The lowest BCUT2D eigenvalue weighted by molar-refractivity contribution is 0.216. The molecule has 4 heteroatoms. The molecule has 1 aliphatic heterocycles. The second-order valence-electron chi connectivity index (χ2n) is 3.13. The number of nitrogens with zero attached hydrogens (tertiary/aromatic N) is 1. The van der Waals surface area contributed by atoms with E-state index in [-0.39, 0.29) is 5.75 Å². The van der Waals surface area contributed by atoms with Gasteiger partial charge in [-0.25, -0.2) is 0 Å². The van der Waals surface area contributed by atoms with Gasteiger partial charge in [0, 0.05) is 12.1 Å². The quantitative estimate of drug-likeness (QED) is 0.712. The molecule has 0 spiro atoms. The lowest BCUT2D eigenvalue weighted by Gasteiger charge is -2.27. The van der Waals surface area contributed by atoms with Gasteiger partial charge in [0.2, 0.25) is 0 Å². The molecule has 1 atom stereocenters. The summed E-state index contributed by atoms with van der Waals surface area (Å²) in [4.78, 5) is 3.81. The maximum atomic E-state index is 9.09. The van der Waals surface area contributed by atoms with E-state index in [1.165, 1.54) is 6.20 Å². The summed E-state index contributed by atoms with van der Waals surface area (Å²) in [5.41, 5.74) is 0. The van der Waals surface area contributed by atoms with Crippen LogP contribution >= 0.6 is 0 Å². The van der Waals surface area contributed by atoms with Gasteiger partial charge in [0.1, 0.15) is 18.1 Å². The van der Waals surface area contributed by atoms with Gasteiger partial charge in [-0.15, -0.1) is 0 Å². The Morgan fingerprint density at radius 2 is 2.46 bits per heavy atom. The van der Waals surface area contributed by atoms with Crippen LogP contribution in [0.4, 0.5) is 0 Å². The van der Waals surface area contributed by atoms with Crippen LogP contribution in [-0.4, -0.2) is 29.3 Å². The van der Waals surface area contributed by atoms with Crippen molar-refractivity contribution in [3.05, 3.63) is 18.5 Å². The Balaban J connectivity index is 1.86. The second-order valence-corrected chi connectivity index (χ2v) is 3.13. The first-order valence-electron chi connectivity index (χ1n) is 4.35. The van der Waals surface area contributed by atoms with Gasteiger partial charge in [-0.1, -0.05) is 0 Å². The van der Waals surface area contributed by atoms with Crippen molar-refractivity contribution in [2.45, 2.75) is 12.5 Å². The zero-order valence-electron chi connectivity index (χ0n) is 7.23. The van der Waals surface area contributed by atoms with Gasteiger partial charge >= 0.3 is 0 Å². The van der Waals surface area contributed by atoms with Crippen LogP contribution in [0.3, 0.4) is 0 Å². The normalized spacial score (nSPS) is 20.8. The van der Waals surface area contributed by atoms with Crippen LogP contribution in [-0.2, 0) is 0 Å². The number of hydrogen-bond acceptors (Lipinski definition) is 4. The highest BCUT2D eigenvalue weighted by atomic mass is 16.5. The Bertz CT molecular complexity index is 287. The zero-order valence-corrected chi connectivity index (χ0v) is 7.23. The molecule has 1 aromatic heterocycles. The molecule has 2 rings (SSSR count). The van der Waals surface area contributed by atoms with Gasteiger partial charge in [0.15, 0.2) is 0 Å². The fraction of sp³-hybridized carbons (Fsp3) is 0.444. The van der Waals surface area contributed by atoms with Crippen molar-refractivity contribution in [3.63, 3.8) is 0 Å². The smallest absolute Gasteiger partial charge is 0.141 e. The summed E-state index contributed by atoms with van der Waals surface area (Å²) in [5, 5.41) is 12.3. The van der Waals surface area contributed by atoms with Gasteiger partial charge in [-0.3, -0.25) is 4.98 Å². The highest BCUT2D eigenvalue weighted by Gasteiger charge is 2.16. The minimum atomic E-state index is 0.138. The molecule has 0 unspecified atom stereocenters. The van der Waals surface area contributed by atoms with Crippen molar-refractivity contribution in [3.8, 4) is 11.5 Å². The molecule has 0 radical (unpaired) electrons. The number of aromatic hydroxyl groups is 1. The van der Waals surface area contributed by atoms with E-state index in [1.807, 2.05) is 0 Å². The fourth-order valence-electron chi connectivity index (χ4n) is 1.17. The monoisotopic (exact) mass is 180 g/mol. The van der Waals surface area contributed by atoms with Crippen LogP contribution in [0, 0.1) is 0 Å². The van der Waals surface area contributed by atoms with E-state index < -0.39 is 0 Å². The van der Waals surface area contributed by atoms with Crippen LogP contribution in [0.2, 0.25) is 0 Å². The maximum Gasteiger partial charge on any atom is 0.141 e. The highest BCUT2D eigenvalue weighted by Crippen LogP contribution is 2.16. The summed E-state index contributed by atoms with van der Waals surface area (Å²) < 4.78 is 5.41. The van der Waals surface area contributed by atoms with E-state index >= 15 is 0 Å². The average Bonchev–Trinajstić information content (AvgIpc) is 2.01. The predicted molar refractivity (Wildman–Crippen MR) is 47.8 cm³/mol. The molecule has 1 fully saturated rings. The predicted octanol–water partition coefficient (Wildman–Crippen LogP) is 0.528. The van der Waals surface area contributed by atoms with E-state index in [9.17, 15) is 0 Å². The Morgan fingerprint density at radius 3 is 3.08 bits per heavy atom. The SMILES string of the molecule is Oc1cncc(OC[C@@H]2CCN2)c1. The number of aromatic nitrogens is 1. The third-order valence-corrected chi connectivity index (χ3v) is 2.08. The van der Waals surface area contributed by atoms with Crippen LogP contribution in [0.15, 0.2) is 18.5 Å². The Hall–Kier alpha value is -1.29. The number of ether oxygens (including phenoxy) is 1. The van der Waals surface area contributed by atoms with Crippen LogP contribution < -0.4 is 10.1 Å². The topological polar surface area (TPSA) is 54.4 Å². The zero-order chi connectivity index (χ0) is 9.10. The molecule has 1 aromatic rings. The number of rotatable bonds is 3. The fourth-order valence-corrected chi connectivity index (χ4v) is 1.17. The maximum absolute atomic E-state index is 9.09. The lowest BCUT2D eigenvalue weighted by atomic mass is 10.1. The van der Waals surface area contributed by atoms with Crippen molar-refractivity contribution < 1.29 is 9.84 Å². The molecule has 0 amide bonds. The first-order chi connectivity index (χ1) is 6.34. The minimum Gasteiger partial charge on any atom is -0.506 e. The third kappa shape index (κ3) is 2.09. The number of pyridine rings is 1. The second kappa shape index (κ2) is 3.62. The molecular weight excluding hydrogens is 168 g/mol. The molecule has 2 N–H and O–H groups in total. The van der Waals surface area contributed by atoms with Crippen molar-refractivity contribution in [2.75, 3.05) is 13.2 Å². The molecule has 13 heavy (non-hydrogen) atoms. The largest absolute Gasteiger partial charge is 0.506 e. The van der Waals surface area contributed by atoms with Crippen molar-refractivity contribution in [1.82, 2.24) is 10.3 Å². The molecule has 2 heterocycles. The van der Waals surface area contributed by atoms with Gasteiger partial charge < -0.3 is 15.2 Å². The van der Waals surface area contributed by atoms with Gasteiger partial charge in [-0.05, 0) is 13.0 Å². The molecule has 1 saturated heterocycles. The standard InChI is InChI=1S/C9H12N2O2/c12-8-3-9(5-10-4-8)13-6-7-1-2-11-7/h3-5,7,11-12H,1-2,6H2/t7-/m0/s1. The summed E-state index contributed by atoms with van der Waals surface area (Å²) in [5.74, 6) is 0.757. The molecule has 0 bridgehead atoms. The van der Waals surface area contributed by atoms with E-state index in [2.05, 4.69) is 10.3 Å². The van der Waals surface area contributed by atoms with Crippen molar-refractivity contribution in [2.24, 2.45) is 0 Å². The van der Waals surface area contributed by atoms with Crippen LogP contribution in [0.5, 0.6) is 11.5 Å². The lowest BCUT2D eigenvalue weighted by Crippen LogP contribution is -2.46.